The lowest BCUT2D eigenvalue weighted by Crippen LogP contribution is -2.39. The lowest BCUT2D eigenvalue weighted by molar-refractivity contribution is 0.0995. The summed E-state index contributed by atoms with van der Waals surface area (Å²) in [5, 5.41) is 14.6. The molecule has 1 fully saturated rings. The first-order valence-electron chi connectivity index (χ1n) is 7.79. The van der Waals surface area contributed by atoms with Crippen LogP contribution in [0.25, 0.3) is 0 Å². The van der Waals surface area contributed by atoms with E-state index in [0.29, 0.717) is 16.9 Å². The third-order valence-electron chi connectivity index (χ3n) is 3.88. The Hall–Kier alpha value is -2.03. The van der Waals surface area contributed by atoms with Crippen molar-refractivity contribution in [3.8, 4) is 5.88 Å². The molecule has 1 aliphatic carbocycles. The van der Waals surface area contributed by atoms with Gasteiger partial charge in [-0.15, -0.1) is 0 Å². The predicted molar refractivity (Wildman–Crippen MR) is 92.5 cm³/mol. The quantitative estimate of drug-likeness (QED) is 0.580. The number of aromatic nitrogens is 1. The van der Waals surface area contributed by atoms with Crippen LogP contribution < -0.4 is 21.1 Å². The Labute approximate surface area is 148 Å². The van der Waals surface area contributed by atoms with Crippen LogP contribution in [0, 0.1) is 0 Å². The van der Waals surface area contributed by atoms with Crippen LogP contribution in [0.4, 0.5) is 10.6 Å². The van der Waals surface area contributed by atoms with E-state index >= 15 is 0 Å². The first-order valence-corrected chi connectivity index (χ1v) is 8.59. The molecule has 0 aromatic carbocycles. The maximum Gasteiger partial charge on any atom is 0.404 e. The lowest BCUT2D eigenvalue weighted by atomic mass is 9.91. The number of carbonyl (C=O) groups is 2. The largest absolute Gasteiger partial charge is 0.477 e. The summed E-state index contributed by atoms with van der Waals surface area (Å²) in [6.45, 7) is 2.18. The van der Waals surface area contributed by atoms with Crippen LogP contribution in [0.5, 0.6) is 5.88 Å². The third-order valence-corrected chi connectivity index (χ3v) is 4.49. The Kier molecular flexibility index (Phi) is 6.24. The number of rotatable bonds is 6. The van der Waals surface area contributed by atoms with Crippen molar-refractivity contribution in [2.45, 2.75) is 44.7 Å². The van der Waals surface area contributed by atoms with Crippen molar-refractivity contribution in [3.63, 3.8) is 0 Å². The van der Waals surface area contributed by atoms with Gasteiger partial charge >= 0.3 is 6.09 Å². The van der Waals surface area contributed by atoms with Gasteiger partial charge in [0.15, 0.2) is 0 Å². The predicted octanol–water partition coefficient (Wildman–Crippen LogP) is 2.33. The van der Waals surface area contributed by atoms with E-state index < -0.39 is 12.0 Å². The van der Waals surface area contributed by atoms with E-state index in [0.717, 1.165) is 25.7 Å². The summed E-state index contributed by atoms with van der Waals surface area (Å²) in [7, 11) is 0. The van der Waals surface area contributed by atoms with Gasteiger partial charge in [-0.25, -0.2) is 4.79 Å². The van der Waals surface area contributed by atoms with Crippen molar-refractivity contribution >= 4 is 33.7 Å². The lowest BCUT2D eigenvalue weighted by Gasteiger charge is -2.29. The number of nitrogens with two attached hydrogens (primary N) is 1. The van der Waals surface area contributed by atoms with Gasteiger partial charge in [-0.1, -0.05) is 0 Å². The highest BCUT2D eigenvalue weighted by atomic mass is 79.9. The van der Waals surface area contributed by atoms with Crippen molar-refractivity contribution in [2.75, 3.05) is 11.9 Å². The number of hydrogen-bond acceptors (Lipinski definition) is 5. The fourth-order valence-corrected chi connectivity index (χ4v) is 3.18. The molecule has 0 atom stereocenters. The number of primary amides is 1. The molecule has 0 aliphatic heterocycles. The molecule has 0 spiro atoms. The van der Waals surface area contributed by atoms with Crippen LogP contribution in [-0.4, -0.2) is 40.8 Å². The standard InChI is InChI=1S/C15H21BrN4O4/c1-2-24-14-10(12(17)21)7-11(16)13(20-14)18-8-3-5-9(6-4-8)19-15(22)23/h7-9,19H,2-6H2,1H3,(H2,17,21)(H,18,20)(H,22,23). The van der Waals surface area contributed by atoms with Crippen LogP contribution in [0.2, 0.25) is 0 Å². The Morgan fingerprint density at radius 1 is 1.38 bits per heavy atom. The molecule has 132 valence electrons. The molecule has 8 nitrogen and oxygen atoms in total. The third kappa shape index (κ3) is 4.73. The van der Waals surface area contributed by atoms with Crippen LogP contribution in [0.3, 0.4) is 0 Å². The second kappa shape index (κ2) is 8.18. The summed E-state index contributed by atoms with van der Waals surface area (Å²) in [4.78, 5) is 26.5. The minimum atomic E-state index is -0.987. The molecule has 1 heterocycles. The van der Waals surface area contributed by atoms with E-state index in [-0.39, 0.29) is 23.5 Å². The zero-order valence-electron chi connectivity index (χ0n) is 13.3. The Bertz CT molecular complexity index is 618. The normalized spacial score (nSPS) is 20.2. The zero-order chi connectivity index (χ0) is 17.7. The Morgan fingerprint density at radius 3 is 2.54 bits per heavy atom. The SMILES string of the molecule is CCOc1nc(NC2CCC(NC(=O)O)CC2)c(Br)cc1C(N)=O. The van der Waals surface area contributed by atoms with Crippen LogP contribution >= 0.6 is 15.9 Å². The maximum absolute atomic E-state index is 11.5. The van der Waals surface area contributed by atoms with E-state index in [1.807, 2.05) is 0 Å². The molecule has 5 N–H and O–H groups in total. The molecule has 1 aromatic heterocycles. The Morgan fingerprint density at radius 2 is 2.00 bits per heavy atom. The average Bonchev–Trinajstić information content (AvgIpc) is 2.51. The second-order valence-corrected chi connectivity index (χ2v) is 6.47. The summed E-state index contributed by atoms with van der Waals surface area (Å²) in [5.41, 5.74) is 5.57. The summed E-state index contributed by atoms with van der Waals surface area (Å²) >= 11 is 3.39. The number of anilines is 1. The number of amides is 2. The minimum absolute atomic E-state index is 0.00632. The number of nitrogens with zero attached hydrogens (tertiary/aromatic N) is 1. The average molecular weight is 401 g/mol. The van der Waals surface area contributed by atoms with Crippen molar-refractivity contribution in [1.82, 2.24) is 10.3 Å². The van der Waals surface area contributed by atoms with Gasteiger partial charge in [0.2, 0.25) is 5.88 Å². The van der Waals surface area contributed by atoms with Gasteiger partial charge in [0.25, 0.3) is 5.91 Å². The maximum atomic E-state index is 11.5. The molecule has 2 rings (SSSR count). The summed E-state index contributed by atoms with van der Waals surface area (Å²) in [5.74, 6) is 0.188. The van der Waals surface area contributed by atoms with Gasteiger partial charge in [0.05, 0.1) is 11.1 Å². The van der Waals surface area contributed by atoms with Gasteiger partial charge in [-0.3, -0.25) is 4.79 Å². The zero-order valence-corrected chi connectivity index (χ0v) is 14.9. The molecule has 0 unspecified atom stereocenters. The number of nitrogens with one attached hydrogen (secondary N) is 2. The van der Waals surface area contributed by atoms with E-state index in [2.05, 4.69) is 31.5 Å². The number of carboxylic acid groups (broad SMARTS) is 1. The van der Waals surface area contributed by atoms with Gasteiger partial charge < -0.3 is 26.2 Å². The number of carbonyl (C=O) groups excluding carboxylic acids is 1. The highest BCUT2D eigenvalue weighted by Gasteiger charge is 2.24. The first kappa shape index (κ1) is 18.3. The van der Waals surface area contributed by atoms with Gasteiger partial charge in [0, 0.05) is 12.1 Å². The highest BCUT2D eigenvalue weighted by molar-refractivity contribution is 9.10. The molecule has 24 heavy (non-hydrogen) atoms. The van der Waals surface area contributed by atoms with Gasteiger partial charge in [0.1, 0.15) is 11.4 Å². The van der Waals surface area contributed by atoms with Crippen molar-refractivity contribution in [2.24, 2.45) is 5.73 Å². The molecular formula is C15H21BrN4O4. The molecule has 2 amide bonds. The topological polar surface area (TPSA) is 127 Å². The summed E-state index contributed by atoms with van der Waals surface area (Å²) in [6.07, 6.45) is 2.18. The van der Waals surface area contributed by atoms with Crippen LogP contribution in [0.15, 0.2) is 10.5 Å². The molecule has 1 aliphatic rings. The van der Waals surface area contributed by atoms with E-state index in [1.54, 1.807) is 13.0 Å². The minimum Gasteiger partial charge on any atom is -0.477 e. The molecule has 1 aromatic rings. The summed E-state index contributed by atoms with van der Waals surface area (Å²) < 4.78 is 6.03. The van der Waals surface area contributed by atoms with Crippen molar-refractivity contribution in [3.05, 3.63) is 16.1 Å². The molecular weight excluding hydrogens is 380 g/mol. The number of ether oxygens (including phenoxy) is 1. The molecule has 0 bridgehead atoms. The number of halogens is 1. The smallest absolute Gasteiger partial charge is 0.404 e. The fraction of sp³-hybridized carbons (Fsp3) is 0.533. The van der Waals surface area contributed by atoms with Crippen molar-refractivity contribution < 1.29 is 19.4 Å². The first-order chi connectivity index (χ1) is 11.4. The molecule has 0 saturated heterocycles. The van der Waals surface area contributed by atoms with Crippen molar-refractivity contribution in [1.29, 1.82) is 0 Å². The van der Waals surface area contributed by atoms with E-state index in [4.69, 9.17) is 15.6 Å². The number of pyridine rings is 1. The number of hydrogen-bond donors (Lipinski definition) is 4. The monoisotopic (exact) mass is 400 g/mol. The summed E-state index contributed by atoms with van der Waals surface area (Å²) in [6, 6.07) is 1.77. The van der Waals surface area contributed by atoms with Gasteiger partial charge in [-0.05, 0) is 54.6 Å². The van der Waals surface area contributed by atoms with Gasteiger partial charge in [-0.2, -0.15) is 4.98 Å². The molecule has 1 saturated carbocycles. The van der Waals surface area contributed by atoms with Crippen LogP contribution in [0.1, 0.15) is 43.0 Å². The van der Waals surface area contributed by atoms with E-state index in [1.165, 1.54) is 0 Å². The Balaban J connectivity index is 2.06. The van der Waals surface area contributed by atoms with E-state index in [9.17, 15) is 9.59 Å². The highest BCUT2D eigenvalue weighted by Crippen LogP contribution is 2.30. The van der Waals surface area contributed by atoms with Crippen LogP contribution in [-0.2, 0) is 0 Å². The molecule has 0 radical (unpaired) electrons. The fourth-order valence-electron chi connectivity index (χ4n) is 2.75. The molecule has 9 heteroatoms. The second-order valence-electron chi connectivity index (χ2n) is 5.61.